The summed E-state index contributed by atoms with van der Waals surface area (Å²) < 4.78 is 0. The Morgan fingerprint density at radius 3 is 1.35 bits per heavy atom. The fraction of sp³-hybridized carbons (Fsp3) is 0.800. The van der Waals surface area contributed by atoms with Crippen molar-refractivity contribution in [3.63, 3.8) is 0 Å². The van der Waals surface area contributed by atoms with Gasteiger partial charge in [0.25, 0.3) is 0 Å². The van der Waals surface area contributed by atoms with E-state index in [4.69, 9.17) is 0 Å². The van der Waals surface area contributed by atoms with Crippen molar-refractivity contribution in [1.29, 1.82) is 0 Å². The first-order valence-electron chi connectivity index (χ1n) is 7.10. The highest BCUT2D eigenvalue weighted by Crippen LogP contribution is 2.21. The highest BCUT2D eigenvalue weighted by molar-refractivity contribution is 5.42. The lowest BCUT2D eigenvalue weighted by Crippen LogP contribution is -2.10. The molecule has 0 N–H and O–H groups in total. The fourth-order valence-electron chi connectivity index (χ4n) is 2.62. The van der Waals surface area contributed by atoms with Gasteiger partial charge in [-0.05, 0) is 25.7 Å². The second-order valence-electron chi connectivity index (χ2n) is 4.94. The Labute approximate surface area is 106 Å². The zero-order valence-corrected chi connectivity index (χ0v) is 11.0. The molecule has 0 spiro atoms. The second-order valence-corrected chi connectivity index (χ2v) is 4.94. The normalized spacial score (nSPS) is 21.9. The molecule has 0 aromatic carbocycles. The summed E-state index contributed by atoms with van der Waals surface area (Å²) in [4.78, 5) is 8.92. The minimum absolute atomic E-state index is 0.533. The Morgan fingerprint density at radius 2 is 1.00 bits per heavy atom. The molecule has 0 aromatic rings. The van der Waals surface area contributed by atoms with Gasteiger partial charge in [-0.1, -0.05) is 38.5 Å². The van der Waals surface area contributed by atoms with Crippen molar-refractivity contribution in [3.05, 3.63) is 13.2 Å². The standard InChI is InChI=1S/C13H22N2.C2H4/c1-3-7-12(8-4-1)14-11-15-13-9-5-2-6-10-13;1-2/h12-13H,1-10H2;1-2H2. The largest absolute Gasteiger partial charge is 0.222 e. The van der Waals surface area contributed by atoms with Crippen LogP contribution in [-0.4, -0.2) is 18.1 Å². The first-order valence-corrected chi connectivity index (χ1v) is 7.10. The number of hydrogen-bond donors (Lipinski definition) is 0. The van der Waals surface area contributed by atoms with E-state index in [9.17, 15) is 0 Å². The summed E-state index contributed by atoms with van der Waals surface area (Å²) in [6.07, 6.45) is 13.2. The minimum Gasteiger partial charge on any atom is -0.222 e. The third-order valence-electron chi connectivity index (χ3n) is 3.63. The maximum atomic E-state index is 4.46. The summed E-state index contributed by atoms with van der Waals surface area (Å²) in [5.74, 6) is 0. The van der Waals surface area contributed by atoms with Crippen LogP contribution in [0.25, 0.3) is 0 Å². The Balaban J connectivity index is 0.000000686. The summed E-state index contributed by atoms with van der Waals surface area (Å²) in [5.41, 5.74) is 0. The van der Waals surface area contributed by atoms with Crippen LogP contribution in [0.5, 0.6) is 0 Å². The number of hydrogen-bond acceptors (Lipinski definition) is 2. The SMILES string of the molecule is C(=NC1CCCCC1)=NC1CCCCC1.C=C. The van der Waals surface area contributed by atoms with Crippen molar-refractivity contribution in [2.24, 2.45) is 9.98 Å². The van der Waals surface area contributed by atoms with Gasteiger partial charge in [0.1, 0.15) is 0 Å². The molecule has 2 heteroatoms. The third-order valence-corrected chi connectivity index (χ3v) is 3.63. The van der Waals surface area contributed by atoms with Gasteiger partial charge in [-0.3, -0.25) is 0 Å². The van der Waals surface area contributed by atoms with Crippen molar-refractivity contribution < 1.29 is 0 Å². The van der Waals surface area contributed by atoms with E-state index in [0.717, 1.165) is 0 Å². The topological polar surface area (TPSA) is 24.7 Å². The first-order chi connectivity index (χ1) is 8.45. The predicted molar refractivity (Wildman–Crippen MR) is 74.9 cm³/mol. The Hall–Kier alpha value is -0.880. The number of nitrogens with zero attached hydrogens (tertiary/aromatic N) is 2. The molecular weight excluding hydrogens is 208 g/mol. The summed E-state index contributed by atoms with van der Waals surface area (Å²) in [6.45, 7) is 6.00. The van der Waals surface area contributed by atoms with Gasteiger partial charge in [0.05, 0.1) is 18.1 Å². The van der Waals surface area contributed by atoms with Gasteiger partial charge < -0.3 is 0 Å². The van der Waals surface area contributed by atoms with E-state index in [-0.39, 0.29) is 0 Å². The van der Waals surface area contributed by atoms with Gasteiger partial charge in [0, 0.05) is 0 Å². The van der Waals surface area contributed by atoms with Gasteiger partial charge in [-0.2, -0.15) is 0 Å². The second kappa shape index (κ2) is 9.18. The van der Waals surface area contributed by atoms with E-state index < -0.39 is 0 Å². The summed E-state index contributed by atoms with van der Waals surface area (Å²) in [6, 6.07) is 4.04. The van der Waals surface area contributed by atoms with Crippen LogP contribution in [0.15, 0.2) is 23.1 Å². The van der Waals surface area contributed by atoms with Crippen molar-refractivity contribution in [1.82, 2.24) is 0 Å². The molecule has 0 saturated heterocycles. The van der Waals surface area contributed by atoms with Crippen LogP contribution < -0.4 is 0 Å². The Morgan fingerprint density at radius 1 is 0.647 bits per heavy atom. The molecule has 0 amide bonds. The number of rotatable bonds is 2. The maximum absolute atomic E-state index is 4.46. The molecule has 2 aliphatic carbocycles. The molecule has 2 nitrogen and oxygen atoms in total. The van der Waals surface area contributed by atoms with E-state index in [1.54, 1.807) is 0 Å². The lowest BCUT2D eigenvalue weighted by Gasteiger charge is -2.17. The highest BCUT2D eigenvalue weighted by Gasteiger charge is 2.12. The lowest BCUT2D eigenvalue weighted by molar-refractivity contribution is 0.438. The third kappa shape index (κ3) is 5.83. The molecular formula is C15H26N2. The van der Waals surface area contributed by atoms with E-state index in [1.807, 2.05) is 0 Å². The molecule has 2 fully saturated rings. The molecule has 2 aliphatic rings. The van der Waals surface area contributed by atoms with Gasteiger partial charge in [-0.15, -0.1) is 13.2 Å². The summed E-state index contributed by atoms with van der Waals surface area (Å²) in [7, 11) is 0. The van der Waals surface area contributed by atoms with Crippen LogP contribution in [0.3, 0.4) is 0 Å². The molecule has 17 heavy (non-hydrogen) atoms. The average Bonchev–Trinajstić information content (AvgIpc) is 2.43. The lowest BCUT2D eigenvalue weighted by atomic mass is 9.96. The van der Waals surface area contributed by atoms with Gasteiger partial charge in [0.2, 0.25) is 0 Å². The smallest absolute Gasteiger partial charge is 0.0898 e. The molecule has 0 heterocycles. The molecule has 96 valence electrons. The van der Waals surface area contributed by atoms with Crippen LogP contribution in [0.4, 0.5) is 0 Å². The van der Waals surface area contributed by atoms with E-state index in [1.165, 1.54) is 64.2 Å². The van der Waals surface area contributed by atoms with Crippen LogP contribution >= 0.6 is 0 Å². The molecule has 0 unspecified atom stereocenters. The zero-order chi connectivity index (χ0) is 12.3. The summed E-state index contributed by atoms with van der Waals surface area (Å²) >= 11 is 0. The predicted octanol–water partition coefficient (Wildman–Crippen LogP) is 4.63. The highest BCUT2D eigenvalue weighted by atomic mass is 14.9. The Bertz CT molecular complexity index is 220. The van der Waals surface area contributed by atoms with Crippen LogP contribution in [0, 0.1) is 0 Å². The van der Waals surface area contributed by atoms with Crippen LogP contribution in [0.1, 0.15) is 64.2 Å². The quantitative estimate of drug-likeness (QED) is 0.491. The van der Waals surface area contributed by atoms with Crippen molar-refractivity contribution in [2.75, 3.05) is 0 Å². The molecule has 2 saturated carbocycles. The molecule has 0 aliphatic heterocycles. The minimum atomic E-state index is 0.533. The fourth-order valence-corrected chi connectivity index (χ4v) is 2.62. The van der Waals surface area contributed by atoms with Crippen LogP contribution in [0.2, 0.25) is 0 Å². The molecule has 0 radical (unpaired) electrons. The van der Waals surface area contributed by atoms with Gasteiger partial charge in [-0.25, -0.2) is 9.98 Å². The van der Waals surface area contributed by atoms with Crippen molar-refractivity contribution >= 4 is 6.01 Å². The van der Waals surface area contributed by atoms with E-state index >= 15 is 0 Å². The monoisotopic (exact) mass is 234 g/mol. The van der Waals surface area contributed by atoms with Gasteiger partial charge >= 0.3 is 0 Å². The zero-order valence-electron chi connectivity index (χ0n) is 11.0. The average molecular weight is 234 g/mol. The first kappa shape index (κ1) is 14.2. The van der Waals surface area contributed by atoms with Crippen molar-refractivity contribution in [3.8, 4) is 0 Å². The van der Waals surface area contributed by atoms with Crippen LogP contribution in [-0.2, 0) is 0 Å². The summed E-state index contributed by atoms with van der Waals surface area (Å²) in [5, 5.41) is 0. The number of aliphatic imine (C=N–C) groups is 2. The van der Waals surface area contributed by atoms with Crippen molar-refractivity contribution in [2.45, 2.75) is 76.3 Å². The van der Waals surface area contributed by atoms with E-state index in [0.29, 0.717) is 12.1 Å². The van der Waals surface area contributed by atoms with E-state index in [2.05, 4.69) is 29.2 Å². The molecule has 0 aromatic heterocycles. The molecule has 0 atom stereocenters. The Kier molecular flexibility index (Phi) is 7.66. The van der Waals surface area contributed by atoms with Gasteiger partial charge in [0.15, 0.2) is 0 Å². The molecule has 0 bridgehead atoms. The maximum Gasteiger partial charge on any atom is 0.0898 e. The molecule has 2 rings (SSSR count).